The number of para-hydroxylation sites is 1. The molecular formula is C25H28N4O9S. The summed E-state index contributed by atoms with van der Waals surface area (Å²) in [6.45, 7) is 3.04. The summed E-state index contributed by atoms with van der Waals surface area (Å²) in [5, 5.41) is 24.5. The lowest BCUT2D eigenvalue weighted by Crippen LogP contribution is -2.50. The fraction of sp³-hybridized carbons (Fsp3) is 0.400. The van der Waals surface area contributed by atoms with Crippen LogP contribution in [0, 0.1) is 20.2 Å². The van der Waals surface area contributed by atoms with E-state index in [1.165, 1.54) is 54.3 Å². The predicted molar refractivity (Wildman–Crippen MR) is 141 cm³/mol. The van der Waals surface area contributed by atoms with Crippen molar-refractivity contribution in [2.45, 2.75) is 57.2 Å². The van der Waals surface area contributed by atoms with E-state index in [0.717, 1.165) is 11.8 Å². The molecule has 0 saturated carbocycles. The topological polar surface area (TPSA) is 171 Å². The van der Waals surface area contributed by atoms with Gasteiger partial charge in [0.15, 0.2) is 5.12 Å². The lowest BCUT2D eigenvalue weighted by atomic mass is 10.0. The molecular weight excluding hydrogens is 532 g/mol. The number of alkyl carbamates (subject to hydrolysis) is 1. The summed E-state index contributed by atoms with van der Waals surface area (Å²) in [5.74, 6) is 0. The number of rotatable bonds is 10. The minimum absolute atomic E-state index is 0.0839. The van der Waals surface area contributed by atoms with Crippen molar-refractivity contribution in [3.8, 4) is 0 Å². The van der Waals surface area contributed by atoms with Crippen LogP contribution >= 0.6 is 11.8 Å². The van der Waals surface area contributed by atoms with E-state index < -0.39 is 34.1 Å². The third-order valence-corrected chi connectivity index (χ3v) is 7.14. The Hall–Kier alpha value is -4.20. The highest BCUT2D eigenvalue weighted by molar-refractivity contribution is 8.14. The molecule has 3 rings (SSSR count). The lowest BCUT2D eigenvalue weighted by molar-refractivity contribution is -0.385. The molecule has 3 atom stereocenters. The first-order chi connectivity index (χ1) is 18.6. The molecule has 1 fully saturated rings. The Morgan fingerprint density at radius 1 is 1.05 bits per heavy atom. The van der Waals surface area contributed by atoms with Gasteiger partial charge in [0.25, 0.3) is 11.4 Å². The van der Waals surface area contributed by atoms with Gasteiger partial charge < -0.3 is 19.7 Å². The van der Waals surface area contributed by atoms with Gasteiger partial charge in [0, 0.05) is 36.9 Å². The molecule has 1 saturated heterocycles. The van der Waals surface area contributed by atoms with Gasteiger partial charge in [-0.15, -0.1) is 0 Å². The molecule has 0 spiro atoms. The first-order valence-corrected chi connectivity index (χ1v) is 13.0. The molecule has 1 aliphatic rings. The van der Waals surface area contributed by atoms with E-state index >= 15 is 0 Å². The van der Waals surface area contributed by atoms with Crippen molar-refractivity contribution in [1.82, 2.24) is 10.2 Å². The number of hydrogen-bond acceptors (Lipinski definition) is 10. The summed E-state index contributed by atoms with van der Waals surface area (Å²) >= 11 is 1.10. The molecule has 13 nitrogen and oxygen atoms in total. The van der Waals surface area contributed by atoms with Gasteiger partial charge in [-0.1, -0.05) is 30.8 Å². The van der Waals surface area contributed by atoms with Gasteiger partial charge in [-0.2, -0.15) is 0 Å². The second kappa shape index (κ2) is 13.6. The van der Waals surface area contributed by atoms with E-state index in [1.54, 1.807) is 6.07 Å². The number of carbonyl (C=O) groups excluding carboxylic acids is 3. The van der Waals surface area contributed by atoms with Crippen molar-refractivity contribution in [2.75, 3.05) is 6.54 Å². The van der Waals surface area contributed by atoms with Crippen LogP contribution in [0.4, 0.5) is 21.0 Å². The number of nitro groups is 2. The van der Waals surface area contributed by atoms with E-state index in [-0.39, 0.29) is 47.1 Å². The summed E-state index contributed by atoms with van der Waals surface area (Å²) in [5.41, 5.74) is 0.544. The molecule has 0 aliphatic carbocycles. The number of nitrogens with zero attached hydrogens (tertiary/aromatic N) is 3. The minimum Gasteiger partial charge on any atom is -0.445 e. The van der Waals surface area contributed by atoms with E-state index in [4.69, 9.17) is 9.47 Å². The smallest absolute Gasteiger partial charge is 0.410 e. The summed E-state index contributed by atoms with van der Waals surface area (Å²) in [4.78, 5) is 59.8. The number of benzene rings is 2. The minimum atomic E-state index is -0.804. The molecule has 2 amide bonds. The Morgan fingerprint density at radius 3 is 2.36 bits per heavy atom. The van der Waals surface area contributed by atoms with Crippen LogP contribution in [0.2, 0.25) is 0 Å². The first-order valence-electron chi connectivity index (χ1n) is 12.1. The van der Waals surface area contributed by atoms with Crippen LogP contribution in [0.5, 0.6) is 0 Å². The molecule has 0 bridgehead atoms. The zero-order chi connectivity index (χ0) is 28.5. The second-order valence-electron chi connectivity index (χ2n) is 8.79. The Kier molecular flexibility index (Phi) is 10.2. The maximum atomic E-state index is 13.0. The maximum absolute atomic E-state index is 13.0. The number of ether oxygens (including phenoxy) is 2. The molecule has 14 heteroatoms. The molecule has 1 N–H and O–H groups in total. The molecule has 0 radical (unpaired) electrons. The largest absolute Gasteiger partial charge is 0.445 e. The summed E-state index contributed by atoms with van der Waals surface area (Å²) in [6.07, 6.45) is -0.616. The molecule has 39 heavy (non-hydrogen) atoms. The van der Waals surface area contributed by atoms with Gasteiger partial charge in [-0.3, -0.25) is 25.0 Å². The SMILES string of the molecule is CCC(NC(=O)OCc1ccccc1[N+](=O)[O-])C1CC(SC(C)=O)CN1C(=O)OCc1ccc([N+](=O)[O-])cc1. The highest BCUT2D eigenvalue weighted by Crippen LogP contribution is 2.31. The standard InChI is InChI=1S/C25H28N4O9S/c1-3-21(26-24(31)37-15-18-6-4-5-7-22(18)29(35)36)23-12-20(39-16(2)30)13-27(23)25(32)38-14-17-8-10-19(11-9-17)28(33)34/h4-11,20-21,23H,3,12-15H2,1-2H3,(H,26,31). The van der Waals surface area contributed by atoms with Gasteiger partial charge in [0.05, 0.1) is 27.5 Å². The Labute approximate surface area is 228 Å². The third-order valence-electron chi connectivity index (χ3n) is 6.14. The number of non-ortho nitro benzene ring substituents is 1. The van der Waals surface area contributed by atoms with E-state index in [9.17, 15) is 34.6 Å². The van der Waals surface area contributed by atoms with Crippen LogP contribution < -0.4 is 5.32 Å². The van der Waals surface area contributed by atoms with Crippen LogP contribution in [0.15, 0.2) is 48.5 Å². The van der Waals surface area contributed by atoms with Crippen molar-refractivity contribution >= 4 is 40.4 Å². The van der Waals surface area contributed by atoms with Gasteiger partial charge in [0.1, 0.15) is 13.2 Å². The van der Waals surface area contributed by atoms with Crippen molar-refractivity contribution in [3.05, 3.63) is 79.9 Å². The molecule has 1 aliphatic heterocycles. The average Bonchev–Trinajstić information content (AvgIpc) is 3.32. The van der Waals surface area contributed by atoms with E-state index in [0.29, 0.717) is 18.4 Å². The third kappa shape index (κ3) is 8.14. The number of amides is 2. The Balaban J connectivity index is 1.66. The highest BCUT2D eigenvalue weighted by Gasteiger charge is 2.41. The maximum Gasteiger partial charge on any atom is 0.410 e. The van der Waals surface area contributed by atoms with Crippen LogP contribution in [-0.4, -0.2) is 55.9 Å². The Bertz CT molecular complexity index is 1220. The average molecular weight is 561 g/mol. The second-order valence-corrected chi connectivity index (χ2v) is 10.3. The predicted octanol–water partition coefficient (Wildman–Crippen LogP) is 4.57. The molecule has 0 aromatic heterocycles. The fourth-order valence-corrected chi connectivity index (χ4v) is 5.29. The van der Waals surface area contributed by atoms with E-state index in [1.807, 2.05) is 6.92 Å². The number of nitrogens with one attached hydrogen (secondary N) is 1. The van der Waals surface area contributed by atoms with Crippen molar-refractivity contribution in [1.29, 1.82) is 0 Å². The summed E-state index contributed by atoms with van der Waals surface area (Å²) in [7, 11) is 0. The van der Waals surface area contributed by atoms with Gasteiger partial charge in [0.2, 0.25) is 0 Å². The zero-order valence-electron chi connectivity index (χ0n) is 21.3. The van der Waals surface area contributed by atoms with Gasteiger partial charge in [-0.05, 0) is 36.6 Å². The van der Waals surface area contributed by atoms with Crippen molar-refractivity contribution in [3.63, 3.8) is 0 Å². The number of carbonyl (C=O) groups is 3. The molecule has 208 valence electrons. The number of thioether (sulfide) groups is 1. The number of nitro benzene ring substituents is 2. The zero-order valence-corrected chi connectivity index (χ0v) is 22.1. The normalized spacial score (nSPS) is 17.2. The van der Waals surface area contributed by atoms with Crippen LogP contribution in [-0.2, 0) is 27.5 Å². The first kappa shape index (κ1) is 29.4. The van der Waals surface area contributed by atoms with Crippen LogP contribution in [0.3, 0.4) is 0 Å². The molecule has 2 aromatic carbocycles. The number of likely N-dealkylation sites (tertiary alicyclic amines) is 1. The lowest BCUT2D eigenvalue weighted by Gasteiger charge is -2.30. The quantitative estimate of drug-likeness (QED) is 0.320. The van der Waals surface area contributed by atoms with Crippen molar-refractivity contribution in [2.24, 2.45) is 0 Å². The van der Waals surface area contributed by atoms with Crippen LogP contribution in [0.25, 0.3) is 0 Å². The highest BCUT2D eigenvalue weighted by atomic mass is 32.2. The summed E-state index contributed by atoms with van der Waals surface area (Å²) < 4.78 is 10.7. The fourth-order valence-electron chi connectivity index (χ4n) is 4.30. The van der Waals surface area contributed by atoms with Gasteiger partial charge in [-0.25, -0.2) is 9.59 Å². The molecule has 3 unspecified atom stereocenters. The van der Waals surface area contributed by atoms with Crippen molar-refractivity contribution < 1.29 is 33.7 Å². The van der Waals surface area contributed by atoms with Crippen LogP contribution in [0.1, 0.15) is 37.8 Å². The molecule has 2 aromatic rings. The Morgan fingerprint density at radius 2 is 1.74 bits per heavy atom. The summed E-state index contributed by atoms with van der Waals surface area (Å²) in [6, 6.07) is 10.5. The number of hydrogen-bond donors (Lipinski definition) is 1. The monoisotopic (exact) mass is 560 g/mol. The van der Waals surface area contributed by atoms with Gasteiger partial charge >= 0.3 is 12.2 Å². The molecule has 1 heterocycles. The van der Waals surface area contributed by atoms with E-state index in [2.05, 4.69) is 5.32 Å².